The highest BCUT2D eigenvalue weighted by Gasteiger charge is 2.35. The lowest BCUT2D eigenvalue weighted by Crippen LogP contribution is -2.14. The van der Waals surface area contributed by atoms with Crippen LogP contribution in [-0.4, -0.2) is 32.6 Å². The van der Waals surface area contributed by atoms with Gasteiger partial charge in [-0.3, -0.25) is 5.01 Å². The predicted molar refractivity (Wildman–Crippen MR) is 86.9 cm³/mol. The molecule has 0 radical (unpaired) electrons. The number of aromatic nitrogens is 3. The summed E-state index contributed by atoms with van der Waals surface area (Å²) in [6.07, 6.45) is -2.81. The largest absolute Gasteiger partial charge is 0.507 e. The summed E-state index contributed by atoms with van der Waals surface area (Å²) in [6, 6.07) is 6.92. The van der Waals surface area contributed by atoms with Crippen molar-refractivity contribution in [3.63, 3.8) is 0 Å². The molecule has 3 aromatic rings. The van der Waals surface area contributed by atoms with Crippen LogP contribution in [0.3, 0.4) is 0 Å². The number of fused-ring (bicyclic) bond motifs is 1. The Bertz CT molecular complexity index is 1040. The van der Waals surface area contributed by atoms with E-state index in [9.17, 15) is 18.3 Å². The maximum Gasteiger partial charge on any atom is 0.416 e. The van der Waals surface area contributed by atoms with E-state index in [0.29, 0.717) is 24.0 Å². The van der Waals surface area contributed by atoms with Crippen molar-refractivity contribution in [3.05, 3.63) is 41.6 Å². The Labute approximate surface area is 145 Å². The molecule has 6 nitrogen and oxygen atoms in total. The molecule has 1 fully saturated rings. The number of phenolic OH excluding ortho intramolecular Hbond substituents is 1. The molecule has 0 amide bonds. The summed E-state index contributed by atoms with van der Waals surface area (Å²) in [7, 11) is 0. The number of pyridine rings is 1. The molecule has 4 rings (SSSR count). The van der Waals surface area contributed by atoms with Gasteiger partial charge in [-0.15, -0.1) is 5.10 Å². The Morgan fingerprint density at radius 1 is 1.31 bits per heavy atom. The van der Waals surface area contributed by atoms with Gasteiger partial charge in [0, 0.05) is 10.9 Å². The van der Waals surface area contributed by atoms with E-state index in [4.69, 9.17) is 5.26 Å². The van der Waals surface area contributed by atoms with E-state index < -0.39 is 17.5 Å². The van der Waals surface area contributed by atoms with Crippen LogP contribution in [0.2, 0.25) is 0 Å². The van der Waals surface area contributed by atoms with Gasteiger partial charge in [0.05, 0.1) is 30.1 Å². The minimum Gasteiger partial charge on any atom is -0.507 e. The Balaban J connectivity index is 1.76. The highest BCUT2D eigenvalue weighted by atomic mass is 19.4. The van der Waals surface area contributed by atoms with Crippen molar-refractivity contribution in [2.75, 3.05) is 11.6 Å². The van der Waals surface area contributed by atoms with Gasteiger partial charge in [-0.05, 0) is 36.8 Å². The average Bonchev–Trinajstić information content (AvgIpc) is 3.24. The minimum atomic E-state index is -4.53. The number of alkyl halides is 3. The third kappa shape index (κ3) is 2.60. The van der Waals surface area contributed by atoms with Gasteiger partial charge in [0.2, 0.25) is 0 Å². The minimum absolute atomic E-state index is 0.218. The third-order valence-corrected chi connectivity index (χ3v) is 4.25. The first kappa shape index (κ1) is 16.2. The molecule has 1 aliphatic rings. The second kappa shape index (κ2) is 5.36. The fraction of sp³-hybridized carbons (Fsp3) is 0.235. The quantitative estimate of drug-likeness (QED) is 0.712. The van der Waals surface area contributed by atoms with Crippen LogP contribution in [0.5, 0.6) is 5.75 Å². The van der Waals surface area contributed by atoms with Gasteiger partial charge in [-0.25, -0.2) is 4.98 Å². The summed E-state index contributed by atoms with van der Waals surface area (Å²) in [5, 5.41) is 25.8. The number of aromatic hydroxyl groups is 1. The molecule has 0 bridgehead atoms. The first-order valence-electron chi connectivity index (χ1n) is 7.72. The van der Waals surface area contributed by atoms with Crippen LogP contribution in [0.4, 0.5) is 13.2 Å². The molecule has 1 saturated heterocycles. The maximum atomic E-state index is 12.9. The van der Waals surface area contributed by atoms with E-state index in [0.717, 1.165) is 11.5 Å². The van der Waals surface area contributed by atoms with Gasteiger partial charge in [0.25, 0.3) is 0 Å². The van der Waals surface area contributed by atoms with Crippen molar-refractivity contribution >= 4 is 11.0 Å². The lowest BCUT2D eigenvalue weighted by molar-refractivity contribution is -0.137. The second-order valence-electron chi connectivity index (χ2n) is 6.11. The molecule has 0 spiro atoms. The molecular weight excluding hydrogens is 347 g/mol. The van der Waals surface area contributed by atoms with Crippen LogP contribution in [-0.2, 0) is 6.18 Å². The van der Waals surface area contributed by atoms with E-state index >= 15 is 0 Å². The Morgan fingerprint density at radius 3 is 2.69 bits per heavy atom. The molecule has 1 aromatic carbocycles. The summed E-state index contributed by atoms with van der Waals surface area (Å²) >= 11 is 0. The first-order valence-corrected chi connectivity index (χ1v) is 7.72. The van der Waals surface area contributed by atoms with E-state index in [1.54, 1.807) is 23.3 Å². The van der Waals surface area contributed by atoms with E-state index in [1.807, 2.05) is 0 Å². The summed E-state index contributed by atoms with van der Waals surface area (Å²) in [4.78, 5) is 5.89. The second-order valence-corrected chi connectivity index (χ2v) is 6.11. The monoisotopic (exact) mass is 359 g/mol. The van der Waals surface area contributed by atoms with E-state index in [1.165, 1.54) is 11.7 Å². The molecule has 1 N–H and O–H groups in total. The number of rotatable bonds is 2. The van der Waals surface area contributed by atoms with Gasteiger partial charge in [0.1, 0.15) is 5.75 Å². The van der Waals surface area contributed by atoms with Crippen LogP contribution in [0, 0.1) is 18.3 Å². The predicted octanol–water partition coefficient (Wildman–Crippen LogP) is 2.97. The van der Waals surface area contributed by atoms with Gasteiger partial charge >= 0.3 is 6.18 Å². The van der Waals surface area contributed by atoms with E-state index in [-0.39, 0.29) is 17.2 Å². The Morgan fingerprint density at radius 2 is 2.08 bits per heavy atom. The molecule has 1 aliphatic heterocycles. The van der Waals surface area contributed by atoms with Crippen LogP contribution in [0.25, 0.3) is 22.3 Å². The fourth-order valence-corrected chi connectivity index (χ4v) is 2.89. The van der Waals surface area contributed by atoms with Crippen LogP contribution in [0.1, 0.15) is 11.1 Å². The molecule has 2 aromatic heterocycles. The topological polar surface area (TPSA) is 77.7 Å². The van der Waals surface area contributed by atoms with Gasteiger partial charge < -0.3 is 5.11 Å². The zero-order valence-electron chi connectivity index (χ0n) is 13.5. The lowest BCUT2D eigenvalue weighted by Gasteiger charge is -2.13. The van der Waals surface area contributed by atoms with Crippen molar-refractivity contribution < 1.29 is 18.3 Å². The van der Waals surface area contributed by atoms with Crippen molar-refractivity contribution in [3.8, 4) is 23.1 Å². The number of nitriles is 1. The van der Waals surface area contributed by atoms with Crippen molar-refractivity contribution in [2.45, 2.75) is 19.1 Å². The summed E-state index contributed by atoms with van der Waals surface area (Å²) < 4.78 is 38.6. The number of aryl methyl sites for hydroxylation is 1. The first-order chi connectivity index (χ1) is 12.3. The molecule has 0 aliphatic carbocycles. The Kier molecular flexibility index (Phi) is 3.34. The lowest BCUT2D eigenvalue weighted by atomic mass is 10.00. The summed E-state index contributed by atoms with van der Waals surface area (Å²) in [6.45, 7) is 2.07. The van der Waals surface area contributed by atoms with Crippen LogP contribution >= 0.6 is 0 Å². The smallest absolute Gasteiger partial charge is 0.416 e. The zero-order valence-corrected chi connectivity index (χ0v) is 13.5. The summed E-state index contributed by atoms with van der Waals surface area (Å²) in [5.74, 6) is -0.487. The van der Waals surface area contributed by atoms with Crippen molar-refractivity contribution in [1.29, 1.82) is 5.26 Å². The number of hydrogen-bond acceptors (Lipinski definition) is 5. The zero-order chi connectivity index (χ0) is 18.6. The van der Waals surface area contributed by atoms with Gasteiger partial charge in [0.15, 0.2) is 11.7 Å². The third-order valence-electron chi connectivity index (χ3n) is 4.25. The fourth-order valence-electron chi connectivity index (χ4n) is 2.89. The normalized spacial score (nSPS) is 16.7. The molecule has 3 heterocycles. The maximum absolute atomic E-state index is 12.9. The number of halogens is 3. The van der Waals surface area contributed by atoms with Crippen LogP contribution < -0.4 is 5.01 Å². The van der Waals surface area contributed by atoms with Crippen LogP contribution in [0.15, 0.2) is 30.5 Å². The number of phenols is 1. The van der Waals surface area contributed by atoms with Crippen molar-refractivity contribution in [1.82, 2.24) is 14.9 Å². The molecular formula is C17H12F3N5O. The summed E-state index contributed by atoms with van der Waals surface area (Å²) in [5.41, 5.74) is 0.291. The molecule has 26 heavy (non-hydrogen) atoms. The molecule has 9 heteroatoms. The number of benzene rings is 1. The highest BCUT2D eigenvalue weighted by molar-refractivity contribution is 5.80. The number of hydrogen-bond donors (Lipinski definition) is 1. The highest BCUT2D eigenvalue weighted by Crippen LogP contribution is 2.38. The average molecular weight is 359 g/mol. The molecule has 132 valence electrons. The number of nitrogens with zero attached hydrogens (tertiary/aromatic N) is 5. The SMILES string of the molecule is Cc1cc(C(F)(F)F)cc(O)c1-c1ccc2cn(N3CC3C#N)nc2n1. The van der Waals surface area contributed by atoms with Gasteiger partial charge in [-0.2, -0.15) is 23.2 Å². The molecule has 1 atom stereocenters. The van der Waals surface area contributed by atoms with Gasteiger partial charge in [-0.1, -0.05) is 0 Å². The van der Waals surface area contributed by atoms with Crippen molar-refractivity contribution in [2.24, 2.45) is 0 Å². The van der Waals surface area contributed by atoms with E-state index in [2.05, 4.69) is 16.2 Å². The molecule has 0 saturated carbocycles. The molecule has 1 unspecified atom stereocenters. The standard InChI is InChI=1S/C17H12F3N5O/c1-9-4-11(17(18,19)20)5-14(26)15(9)13-3-2-10-7-25(23-16(10)22-13)24-8-12(24)6-21/h2-5,7,12,26H,8H2,1H3. The Hall–Kier alpha value is -3.28.